The topological polar surface area (TPSA) is 84.2 Å². The number of carbonyl (C=O) groups excluding carboxylic acids is 1. The molecular weight excluding hydrogens is 410 g/mol. The number of furan rings is 1. The lowest BCUT2D eigenvalue weighted by Crippen LogP contribution is -2.44. The van der Waals surface area contributed by atoms with Crippen molar-refractivity contribution in [2.24, 2.45) is 11.8 Å². The van der Waals surface area contributed by atoms with Crippen molar-refractivity contribution in [1.82, 2.24) is 19.9 Å². The number of fused-ring (bicyclic) bond motifs is 1. The van der Waals surface area contributed by atoms with Crippen molar-refractivity contribution in [3.8, 4) is 22.3 Å². The van der Waals surface area contributed by atoms with Gasteiger partial charge in [0.25, 0.3) is 0 Å². The summed E-state index contributed by atoms with van der Waals surface area (Å²) in [6, 6.07) is 5.50. The Balaban J connectivity index is 1.32. The van der Waals surface area contributed by atoms with Gasteiger partial charge in [0, 0.05) is 24.2 Å². The highest BCUT2D eigenvalue weighted by molar-refractivity contribution is 7.13. The lowest BCUT2D eigenvalue weighted by Gasteiger charge is -2.41. The normalized spacial score (nSPS) is 21.6. The van der Waals surface area contributed by atoms with Gasteiger partial charge < -0.3 is 9.73 Å². The van der Waals surface area contributed by atoms with E-state index in [4.69, 9.17) is 4.42 Å². The molecule has 7 nitrogen and oxygen atoms in total. The van der Waals surface area contributed by atoms with Crippen molar-refractivity contribution in [2.75, 3.05) is 25.0 Å². The number of aromatic nitrogens is 3. The molecule has 2 unspecified atom stereocenters. The van der Waals surface area contributed by atoms with Crippen LogP contribution in [0.5, 0.6) is 0 Å². The van der Waals surface area contributed by atoms with Crippen molar-refractivity contribution in [3.05, 3.63) is 35.5 Å². The molecule has 1 N–H and O–H groups in total. The maximum absolute atomic E-state index is 12.8. The zero-order chi connectivity index (χ0) is 21.2. The average molecular weight is 438 g/mol. The van der Waals surface area contributed by atoms with E-state index in [1.165, 1.54) is 43.4 Å². The predicted molar refractivity (Wildman–Crippen MR) is 121 cm³/mol. The van der Waals surface area contributed by atoms with Gasteiger partial charge in [0.2, 0.25) is 5.91 Å². The number of rotatable bonds is 5. The number of thiazole rings is 1. The standard InChI is InChI=1S/C23H27N5O2S/c1-15-6-7-19(30-15)22-25-18(23-24-9-11-31-23)12-20(27-22)26-21(29)14-28-10-8-16-4-2-3-5-17(16)13-28/h6-7,9,11-12,16-17H,2-5,8,10,13-14H2,1H3,(H,25,26,27,29). The number of nitrogens with one attached hydrogen (secondary N) is 1. The quantitative estimate of drug-likeness (QED) is 0.627. The molecule has 3 aromatic heterocycles. The highest BCUT2D eigenvalue weighted by atomic mass is 32.1. The second-order valence-corrected chi connectivity index (χ2v) is 9.48. The minimum absolute atomic E-state index is 0.0420. The molecule has 2 atom stereocenters. The van der Waals surface area contributed by atoms with Crippen LogP contribution >= 0.6 is 11.3 Å². The van der Waals surface area contributed by atoms with Gasteiger partial charge in [-0.15, -0.1) is 11.3 Å². The first-order chi connectivity index (χ1) is 15.1. The zero-order valence-electron chi connectivity index (χ0n) is 17.7. The Kier molecular flexibility index (Phi) is 5.82. The number of piperidine rings is 1. The van der Waals surface area contributed by atoms with Crippen LogP contribution in [0.1, 0.15) is 37.9 Å². The van der Waals surface area contributed by atoms with Crippen molar-refractivity contribution in [2.45, 2.75) is 39.0 Å². The average Bonchev–Trinajstić information content (AvgIpc) is 3.45. The molecule has 1 aliphatic heterocycles. The molecule has 5 rings (SSSR count). The van der Waals surface area contributed by atoms with Crippen LogP contribution in [0.15, 0.2) is 34.2 Å². The fourth-order valence-electron chi connectivity index (χ4n) is 4.84. The Labute approximate surface area is 185 Å². The van der Waals surface area contributed by atoms with Crippen LogP contribution < -0.4 is 5.32 Å². The second-order valence-electron chi connectivity index (χ2n) is 8.59. The minimum Gasteiger partial charge on any atom is -0.458 e. The molecule has 0 radical (unpaired) electrons. The summed E-state index contributed by atoms with van der Waals surface area (Å²) < 4.78 is 5.71. The van der Waals surface area contributed by atoms with Gasteiger partial charge in [-0.2, -0.15) is 0 Å². The third-order valence-corrected chi connectivity index (χ3v) is 7.14. The largest absolute Gasteiger partial charge is 0.458 e. The number of aryl methyl sites for hydroxylation is 1. The molecule has 3 aromatic rings. The van der Waals surface area contributed by atoms with Crippen molar-refractivity contribution >= 4 is 23.1 Å². The number of hydrogen-bond donors (Lipinski definition) is 1. The lowest BCUT2D eigenvalue weighted by atomic mass is 9.75. The van der Waals surface area contributed by atoms with E-state index in [9.17, 15) is 4.79 Å². The van der Waals surface area contributed by atoms with Crippen LogP contribution in [0, 0.1) is 18.8 Å². The summed E-state index contributed by atoms with van der Waals surface area (Å²) in [5, 5.41) is 5.67. The van der Waals surface area contributed by atoms with Gasteiger partial charge in [-0.25, -0.2) is 15.0 Å². The summed E-state index contributed by atoms with van der Waals surface area (Å²) >= 11 is 1.50. The number of likely N-dealkylation sites (tertiary alicyclic amines) is 1. The third kappa shape index (κ3) is 4.70. The maximum atomic E-state index is 12.8. The first-order valence-electron chi connectivity index (χ1n) is 11.0. The Morgan fingerprint density at radius 2 is 2.10 bits per heavy atom. The van der Waals surface area contributed by atoms with E-state index in [1.807, 2.05) is 24.4 Å². The molecule has 1 saturated carbocycles. The molecule has 1 saturated heterocycles. The predicted octanol–water partition coefficient (Wildman–Crippen LogP) is 4.62. The molecule has 1 aliphatic carbocycles. The molecule has 31 heavy (non-hydrogen) atoms. The summed E-state index contributed by atoms with van der Waals surface area (Å²) in [5.74, 6) is 3.84. The minimum atomic E-state index is -0.0420. The Morgan fingerprint density at radius 1 is 1.23 bits per heavy atom. The Morgan fingerprint density at radius 3 is 2.87 bits per heavy atom. The smallest absolute Gasteiger partial charge is 0.239 e. The van der Waals surface area contributed by atoms with Crippen LogP contribution in [-0.2, 0) is 4.79 Å². The van der Waals surface area contributed by atoms with Gasteiger partial charge in [0.1, 0.15) is 22.3 Å². The number of hydrogen-bond acceptors (Lipinski definition) is 7. The summed E-state index contributed by atoms with van der Waals surface area (Å²) in [6.07, 6.45) is 8.32. The molecule has 8 heteroatoms. The third-order valence-electron chi connectivity index (χ3n) is 6.35. The van der Waals surface area contributed by atoms with E-state index < -0.39 is 0 Å². The summed E-state index contributed by atoms with van der Waals surface area (Å²) in [6.45, 7) is 4.31. The monoisotopic (exact) mass is 437 g/mol. The number of carbonyl (C=O) groups is 1. The fourth-order valence-corrected chi connectivity index (χ4v) is 5.44. The van der Waals surface area contributed by atoms with Gasteiger partial charge in [-0.1, -0.05) is 19.3 Å². The highest BCUT2D eigenvalue weighted by Gasteiger charge is 2.31. The van der Waals surface area contributed by atoms with Crippen molar-refractivity contribution < 1.29 is 9.21 Å². The molecule has 2 aliphatic rings. The summed E-state index contributed by atoms with van der Waals surface area (Å²) in [5.41, 5.74) is 0.673. The zero-order valence-corrected chi connectivity index (χ0v) is 18.5. The van der Waals surface area contributed by atoms with E-state index in [-0.39, 0.29) is 5.91 Å². The molecule has 4 heterocycles. The first kappa shape index (κ1) is 20.3. The molecule has 2 fully saturated rings. The van der Waals surface area contributed by atoms with Crippen LogP contribution in [0.4, 0.5) is 5.82 Å². The Bertz CT molecular complexity index is 1050. The number of nitrogens with zero attached hydrogens (tertiary/aromatic N) is 4. The van der Waals surface area contributed by atoms with E-state index in [0.717, 1.165) is 35.7 Å². The fraction of sp³-hybridized carbons (Fsp3) is 0.478. The van der Waals surface area contributed by atoms with E-state index in [2.05, 4.69) is 25.2 Å². The SMILES string of the molecule is Cc1ccc(-c2nc(NC(=O)CN3CCC4CCCCC4C3)cc(-c3nccs3)n2)o1. The van der Waals surface area contributed by atoms with E-state index in [0.29, 0.717) is 29.6 Å². The molecule has 162 valence electrons. The van der Waals surface area contributed by atoms with Crippen molar-refractivity contribution in [1.29, 1.82) is 0 Å². The van der Waals surface area contributed by atoms with E-state index in [1.54, 1.807) is 12.3 Å². The van der Waals surface area contributed by atoms with Crippen LogP contribution in [0.25, 0.3) is 22.3 Å². The van der Waals surface area contributed by atoms with Crippen LogP contribution in [0.2, 0.25) is 0 Å². The van der Waals surface area contributed by atoms with Crippen LogP contribution in [-0.4, -0.2) is 45.4 Å². The number of amides is 1. The number of anilines is 1. The maximum Gasteiger partial charge on any atom is 0.239 e. The summed E-state index contributed by atoms with van der Waals surface area (Å²) in [7, 11) is 0. The van der Waals surface area contributed by atoms with Crippen molar-refractivity contribution in [3.63, 3.8) is 0 Å². The molecule has 0 aromatic carbocycles. The van der Waals surface area contributed by atoms with Gasteiger partial charge in [-0.3, -0.25) is 9.69 Å². The highest BCUT2D eigenvalue weighted by Crippen LogP contribution is 2.36. The van der Waals surface area contributed by atoms with Gasteiger partial charge >= 0.3 is 0 Å². The van der Waals surface area contributed by atoms with Gasteiger partial charge in [0.05, 0.1) is 6.54 Å². The Hall–Kier alpha value is -2.58. The molecule has 0 spiro atoms. The molecule has 0 bridgehead atoms. The molecule has 1 amide bonds. The second kappa shape index (κ2) is 8.88. The molecular formula is C23H27N5O2S. The first-order valence-corrected chi connectivity index (χ1v) is 11.9. The van der Waals surface area contributed by atoms with Gasteiger partial charge in [0.15, 0.2) is 11.6 Å². The van der Waals surface area contributed by atoms with E-state index >= 15 is 0 Å². The van der Waals surface area contributed by atoms with Gasteiger partial charge in [-0.05, 0) is 50.3 Å². The lowest BCUT2D eigenvalue weighted by molar-refractivity contribution is -0.118. The van der Waals surface area contributed by atoms with Crippen LogP contribution in [0.3, 0.4) is 0 Å². The summed E-state index contributed by atoms with van der Waals surface area (Å²) in [4.78, 5) is 28.6.